The van der Waals surface area contributed by atoms with Crippen LogP contribution in [0.1, 0.15) is 78.1 Å². The number of ether oxygens (including phenoxy) is 1. The van der Waals surface area contributed by atoms with E-state index in [1.54, 1.807) is 0 Å². The first kappa shape index (κ1) is 19.7. The number of aliphatic carboxylic acids is 1. The summed E-state index contributed by atoms with van der Waals surface area (Å²) >= 11 is 0. The van der Waals surface area contributed by atoms with E-state index in [0.29, 0.717) is 30.0 Å². The van der Waals surface area contributed by atoms with Gasteiger partial charge in [0, 0.05) is 11.8 Å². The average Bonchev–Trinajstić information content (AvgIpc) is 2.97. The van der Waals surface area contributed by atoms with Crippen molar-refractivity contribution in [3.8, 4) is 0 Å². The van der Waals surface area contributed by atoms with E-state index in [9.17, 15) is 14.4 Å². The summed E-state index contributed by atoms with van der Waals surface area (Å²) in [6.45, 7) is 4.66. The van der Waals surface area contributed by atoms with Gasteiger partial charge < -0.3 is 9.84 Å². The second-order valence-corrected chi connectivity index (χ2v) is 9.96. The third-order valence-electron chi connectivity index (χ3n) is 8.69. The minimum atomic E-state index is -0.960. The van der Waals surface area contributed by atoms with Crippen LogP contribution in [0.2, 0.25) is 0 Å². The molecule has 28 heavy (non-hydrogen) atoms. The average molecular weight is 389 g/mol. The van der Waals surface area contributed by atoms with Gasteiger partial charge in [0.15, 0.2) is 5.78 Å². The van der Waals surface area contributed by atoms with Crippen LogP contribution in [-0.2, 0) is 19.1 Å². The molecule has 0 bridgehead atoms. The van der Waals surface area contributed by atoms with Crippen molar-refractivity contribution in [1.29, 1.82) is 0 Å². The van der Waals surface area contributed by atoms with Gasteiger partial charge >= 0.3 is 11.9 Å². The van der Waals surface area contributed by atoms with Crippen molar-refractivity contribution in [2.45, 2.75) is 84.2 Å². The molecule has 3 fully saturated rings. The Balaban J connectivity index is 1.49. The third kappa shape index (κ3) is 3.11. The van der Waals surface area contributed by atoms with Crippen LogP contribution in [0.25, 0.3) is 0 Å². The smallest absolute Gasteiger partial charge is 0.306 e. The lowest BCUT2D eigenvalue weighted by molar-refractivity contribution is -0.161. The van der Waals surface area contributed by atoms with Crippen molar-refractivity contribution in [3.05, 3.63) is 11.6 Å². The van der Waals surface area contributed by atoms with Gasteiger partial charge in [-0.1, -0.05) is 19.4 Å². The molecule has 4 rings (SSSR count). The van der Waals surface area contributed by atoms with Gasteiger partial charge in [-0.3, -0.25) is 14.4 Å². The minimum Gasteiger partial charge on any atom is -0.481 e. The standard InChI is InChI=1S/C23H32O5/c1-22-11-9-15(24)13-14(22)3-4-16-17-5-6-19(23(17,2)12-10-18(16)22)28-21(27)8-7-20(25)26/h13,16-19H,3-12H2,1-2H3,(H,25,26)/t16-,17-,18-,19+,22+,23+/m1/s1. The summed E-state index contributed by atoms with van der Waals surface area (Å²) in [5.41, 5.74) is 1.54. The van der Waals surface area contributed by atoms with E-state index in [2.05, 4.69) is 13.8 Å². The highest BCUT2D eigenvalue weighted by atomic mass is 16.5. The molecule has 0 spiro atoms. The number of hydrogen-bond donors (Lipinski definition) is 1. The van der Waals surface area contributed by atoms with E-state index < -0.39 is 5.97 Å². The molecule has 1 N–H and O–H groups in total. The summed E-state index contributed by atoms with van der Waals surface area (Å²) in [4.78, 5) is 34.8. The second kappa shape index (κ2) is 7.00. The van der Waals surface area contributed by atoms with Gasteiger partial charge in [0.25, 0.3) is 0 Å². The van der Waals surface area contributed by atoms with Gasteiger partial charge in [-0.25, -0.2) is 0 Å². The lowest BCUT2D eigenvalue weighted by Crippen LogP contribution is -2.51. The monoisotopic (exact) mass is 388 g/mol. The summed E-state index contributed by atoms with van der Waals surface area (Å²) in [6, 6.07) is 0. The molecule has 5 heteroatoms. The number of allylic oxidation sites excluding steroid dienone is 1. The zero-order valence-corrected chi connectivity index (χ0v) is 17.0. The number of carboxylic acid groups (broad SMARTS) is 1. The number of carboxylic acids is 1. The molecule has 0 heterocycles. The molecule has 0 aromatic heterocycles. The van der Waals surface area contributed by atoms with Crippen LogP contribution in [0.3, 0.4) is 0 Å². The molecule has 0 aliphatic heterocycles. The number of carbonyl (C=O) groups excluding carboxylic acids is 2. The maximum absolute atomic E-state index is 12.1. The Morgan fingerprint density at radius 2 is 1.86 bits per heavy atom. The van der Waals surface area contributed by atoms with Gasteiger partial charge in [0.2, 0.25) is 0 Å². The summed E-state index contributed by atoms with van der Waals surface area (Å²) in [7, 11) is 0. The Morgan fingerprint density at radius 1 is 1.07 bits per heavy atom. The molecule has 154 valence electrons. The highest BCUT2D eigenvalue weighted by Crippen LogP contribution is 2.65. The van der Waals surface area contributed by atoms with E-state index >= 15 is 0 Å². The minimum absolute atomic E-state index is 0.00210. The van der Waals surface area contributed by atoms with Crippen molar-refractivity contribution < 1.29 is 24.2 Å². The van der Waals surface area contributed by atoms with Gasteiger partial charge in [-0.2, -0.15) is 0 Å². The largest absolute Gasteiger partial charge is 0.481 e. The SMILES string of the molecule is C[C@]12CC[C@@H]3[C@H](CCC4=CC(=O)CC[C@@]43C)[C@H]1CC[C@@H]2OC(=O)CCC(=O)O. The molecule has 0 unspecified atom stereocenters. The summed E-state index contributed by atoms with van der Waals surface area (Å²) < 4.78 is 5.80. The Bertz CT molecular complexity index is 725. The number of carbonyl (C=O) groups is 3. The van der Waals surface area contributed by atoms with Crippen LogP contribution in [-0.4, -0.2) is 28.9 Å². The van der Waals surface area contributed by atoms with Crippen molar-refractivity contribution in [3.63, 3.8) is 0 Å². The number of rotatable bonds is 4. The molecule has 3 saturated carbocycles. The van der Waals surface area contributed by atoms with Crippen molar-refractivity contribution in [1.82, 2.24) is 0 Å². The topological polar surface area (TPSA) is 80.7 Å². The van der Waals surface area contributed by atoms with Crippen LogP contribution in [0.5, 0.6) is 0 Å². The third-order valence-corrected chi connectivity index (χ3v) is 8.69. The van der Waals surface area contributed by atoms with Crippen LogP contribution in [0, 0.1) is 28.6 Å². The van der Waals surface area contributed by atoms with Crippen LogP contribution in [0.15, 0.2) is 11.6 Å². The molecule has 0 amide bonds. The van der Waals surface area contributed by atoms with Crippen molar-refractivity contribution in [2.24, 2.45) is 28.6 Å². The molecule has 0 aromatic rings. The Morgan fingerprint density at radius 3 is 2.61 bits per heavy atom. The fourth-order valence-electron chi connectivity index (χ4n) is 7.13. The lowest BCUT2D eigenvalue weighted by Gasteiger charge is -2.57. The summed E-state index contributed by atoms with van der Waals surface area (Å²) in [5.74, 6) is 0.776. The number of esters is 1. The lowest BCUT2D eigenvalue weighted by atomic mass is 9.47. The zero-order valence-electron chi connectivity index (χ0n) is 17.0. The molecule has 5 nitrogen and oxygen atoms in total. The summed E-state index contributed by atoms with van der Waals surface area (Å²) in [5, 5.41) is 8.79. The molecule has 0 radical (unpaired) electrons. The summed E-state index contributed by atoms with van der Waals surface area (Å²) in [6.07, 6.45) is 9.62. The van der Waals surface area contributed by atoms with E-state index in [1.165, 1.54) is 5.57 Å². The van der Waals surface area contributed by atoms with E-state index in [1.807, 2.05) is 6.08 Å². The predicted molar refractivity (Wildman–Crippen MR) is 103 cm³/mol. The quantitative estimate of drug-likeness (QED) is 0.727. The fraction of sp³-hybridized carbons (Fsp3) is 0.783. The van der Waals surface area contributed by atoms with Gasteiger partial charge in [0.05, 0.1) is 12.8 Å². The molecule has 0 aromatic carbocycles. The normalized spacial score (nSPS) is 42.1. The molecule has 0 saturated heterocycles. The molecule has 4 aliphatic carbocycles. The highest BCUT2D eigenvalue weighted by Gasteiger charge is 2.59. The van der Waals surface area contributed by atoms with Crippen LogP contribution >= 0.6 is 0 Å². The highest BCUT2D eigenvalue weighted by molar-refractivity contribution is 5.91. The van der Waals surface area contributed by atoms with E-state index in [-0.39, 0.29) is 35.7 Å². The fourth-order valence-corrected chi connectivity index (χ4v) is 7.13. The van der Waals surface area contributed by atoms with Crippen LogP contribution in [0.4, 0.5) is 0 Å². The number of hydrogen-bond acceptors (Lipinski definition) is 4. The zero-order chi connectivity index (χ0) is 20.1. The predicted octanol–water partition coefficient (Wildman–Crippen LogP) is 4.29. The van der Waals surface area contributed by atoms with Crippen molar-refractivity contribution >= 4 is 17.7 Å². The maximum atomic E-state index is 12.1. The second-order valence-electron chi connectivity index (χ2n) is 9.96. The first-order valence-electron chi connectivity index (χ1n) is 10.9. The molecule has 4 aliphatic rings. The van der Waals surface area contributed by atoms with E-state index in [0.717, 1.165) is 44.9 Å². The van der Waals surface area contributed by atoms with E-state index in [4.69, 9.17) is 9.84 Å². The Hall–Kier alpha value is -1.65. The molecular weight excluding hydrogens is 356 g/mol. The molecule has 6 atom stereocenters. The first-order chi connectivity index (χ1) is 13.2. The Kier molecular flexibility index (Phi) is 4.91. The van der Waals surface area contributed by atoms with Gasteiger partial charge in [-0.05, 0) is 74.2 Å². The maximum Gasteiger partial charge on any atom is 0.306 e. The van der Waals surface area contributed by atoms with Gasteiger partial charge in [0.1, 0.15) is 6.10 Å². The van der Waals surface area contributed by atoms with Crippen molar-refractivity contribution in [2.75, 3.05) is 0 Å². The Labute approximate surface area is 166 Å². The van der Waals surface area contributed by atoms with Crippen LogP contribution < -0.4 is 0 Å². The number of fused-ring (bicyclic) bond motifs is 5. The first-order valence-corrected chi connectivity index (χ1v) is 10.9. The van der Waals surface area contributed by atoms with Gasteiger partial charge in [-0.15, -0.1) is 0 Å². The number of ketones is 1. The molecular formula is C23H32O5.